The fourth-order valence-electron chi connectivity index (χ4n) is 2.00. The van der Waals surface area contributed by atoms with Crippen molar-refractivity contribution in [1.82, 2.24) is 5.43 Å². The van der Waals surface area contributed by atoms with Gasteiger partial charge in [0.2, 0.25) is 5.90 Å². The molecule has 1 aliphatic heterocycles. The molecule has 1 heterocycles. The van der Waals surface area contributed by atoms with Gasteiger partial charge < -0.3 is 14.6 Å². The van der Waals surface area contributed by atoms with Crippen LogP contribution in [0, 0.1) is 0 Å². The minimum Gasteiger partial charge on any atom is -0.478 e. The zero-order valence-corrected chi connectivity index (χ0v) is 13.2. The van der Waals surface area contributed by atoms with Gasteiger partial charge in [-0.2, -0.15) is 0 Å². The average Bonchev–Trinajstić information content (AvgIpc) is 2.49. The summed E-state index contributed by atoms with van der Waals surface area (Å²) in [4.78, 5) is 22.1. The van der Waals surface area contributed by atoms with Crippen molar-refractivity contribution in [3.05, 3.63) is 29.8 Å². The molecule has 7 nitrogen and oxygen atoms in total. The highest BCUT2D eigenvalue weighted by Gasteiger charge is 2.29. The number of carboxylic acid groups (broad SMARTS) is 1. The number of carboxylic acids is 1. The van der Waals surface area contributed by atoms with Crippen LogP contribution < -0.4 is 10.2 Å². The summed E-state index contributed by atoms with van der Waals surface area (Å²) in [5.41, 5.74) is 2.44. The van der Waals surface area contributed by atoms with E-state index in [0.717, 1.165) is 18.4 Å². The summed E-state index contributed by atoms with van der Waals surface area (Å²) in [5.74, 6) is -0.420. The third-order valence-electron chi connectivity index (χ3n) is 3.33. The number of aryl methyl sites for hydroxylation is 1. The van der Waals surface area contributed by atoms with Crippen molar-refractivity contribution in [2.45, 2.75) is 38.7 Å². The molecule has 1 aromatic carbocycles. The number of ether oxygens (including phenoxy) is 2. The topological polar surface area (TPSA) is 97.2 Å². The highest BCUT2D eigenvalue weighted by Crippen LogP contribution is 2.20. The maximum absolute atomic E-state index is 11.1. The number of rotatable bonds is 7. The second-order valence-corrected chi connectivity index (χ2v) is 5.73. The van der Waals surface area contributed by atoms with Crippen LogP contribution in [0.4, 0.5) is 0 Å². The number of hydrazone groups is 1. The molecule has 0 radical (unpaired) electrons. The molecule has 0 aliphatic carbocycles. The highest BCUT2D eigenvalue weighted by molar-refractivity contribution is 5.91. The van der Waals surface area contributed by atoms with Crippen molar-refractivity contribution in [2.24, 2.45) is 5.10 Å². The summed E-state index contributed by atoms with van der Waals surface area (Å²) in [6, 6.07) is 7.28. The second kappa shape index (κ2) is 7.13. The van der Waals surface area contributed by atoms with Gasteiger partial charge in [0.05, 0.1) is 0 Å². The Labute approximate surface area is 134 Å². The Balaban J connectivity index is 1.82. The van der Waals surface area contributed by atoms with Gasteiger partial charge in [-0.05, 0) is 44.4 Å². The van der Waals surface area contributed by atoms with E-state index in [1.807, 2.05) is 12.1 Å². The average molecular weight is 320 g/mol. The summed E-state index contributed by atoms with van der Waals surface area (Å²) in [7, 11) is 0. The van der Waals surface area contributed by atoms with Crippen molar-refractivity contribution < 1.29 is 24.2 Å². The van der Waals surface area contributed by atoms with E-state index in [1.54, 1.807) is 12.1 Å². The van der Waals surface area contributed by atoms with Gasteiger partial charge in [-0.1, -0.05) is 12.1 Å². The third kappa shape index (κ3) is 4.98. The van der Waals surface area contributed by atoms with E-state index >= 15 is 0 Å². The van der Waals surface area contributed by atoms with E-state index in [1.165, 1.54) is 13.8 Å². The van der Waals surface area contributed by atoms with E-state index < -0.39 is 11.6 Å². The molecule has 2 rings (SSSR count). The lowest BCUT2D eigenvalue weighted by molar-refractivity contribution is -0.152. The van der Waals surface area contributed by atoms with Crippen LogP contribution >= 0.6 is 0 Å². The van der Waals surface area contributed by atoms with Crippen molar-refractivity contribution in [2.75, 3.05) is 6.54 Å². The Morgan fingerprint density at radius 3 is 2.65 bits per heavy atom. The number of hydrogen-bond acceptors (Lipinski definition) is 6. The standard InChI is InChI=1S/C16H20N2O5/c1-16(2,15(20)21)23-12-8-6-11(7-9-12)4-3-5-13-18-17-10-14(19)22-13/h6-9,17H,3-5,10H2,1-2H3,(H,20,21). The zero-order chi connectivity index (χ0) is 16.9. The molecule has 0 spiro atoms. The first-order valence-corrected chi connectivity index (χ1v) is 7.38. The first-order chi connectivity index (χ1) is 10.9. The minimum atomic E-state index is -1.27. The number of carbonyl (C=O) groups excluding carboxylic acids is 1. The molecule has 0 atom stereocenters. The van der Waals surface area contributed by atoms with Crippen molar-refractivity contribution in [3.8, 4) is 5.75 Å². The number of aliphatic carboxylic acids is 1. The van der Waals surface area contributed by atoms with Gasteiger partial charge >= 0.3 is 11.9 Å². The van der Waals surface area contributed by atoms with E-state index in [4.69, 9.17) is 14.6 Å². The number of cyclic esters (lactones) is 1. The molecular formula is C16H20N2O5. The molecule has 7 heteroatoms. The summed E-state index contributed by atoms with van der Waals surface area (Å²) in [5, 5.41) is 13.0. The number of nitrogens with zero attached hydrogens (tertiary/aromatic N) is 1. The lowest BCUT2D eigenvalue weighted by Crippen LogP contribution is -2.37. The SMILES string of the molecule is CC(C)(Oc1ccc(CCCC2=NNCC(=O)O2)cc1)C(=O)O. The lowest BCUT2D eigenvalue weighted by atomic mass is 10.1. The van der Waals surface area contributed by atoms with Crippen LogP contribution in [-0.4, -0.2) is 35.1 Å². The Hall–Kier alpha value is -2.57. The first-order valence-electron chi connectivity index (χ1n) is 7.38. The largest absolute Gasteiger partial charge is 0.478 e. The summed E-state index contributed by atoms with van der Waals surface area (Å²) in [6.07, 6.45) is 2.15. The molecule has 0 saturated heterocycles. The van der Waals surface area contributed by atoms with Crippen molar-refractivity contribution in [1.29, 1.82) is 0 Å². The smallest absolute Gasteiger partial charge is 0.347 e. The van der Waals surface area contributed by atoms with Crippen molar-refractivity contribution in [3.63, 3.8) is 0 Å². The molecule has 0 fully saturated rings. The number of hydrogen-bond donors (Lipinski definition) is 2. The molecule has 1 aliphatic rings. The number of esters is 1. The predicted molar refractivity (Wildman–Crippen MR) is 83.3 cm³/mol. The fourth-order valence-corrected chi connectivity index (χ4v) is 2.00. The first kappa shape index (κ1) is 16.8. The quantitative estimate of drug-likeness (QED) is 0.742. The molecule has 0 aromatic heterocycles. The summed E-state index contributed by atoms with van der Waals surface area (Å²) < 4.78 is 10.4. The fraction of sp³-hybridized carbons (Fsp3) is 0.438. The monoisotopic (exact) mass is 320 g/mol. The predicted octanol–water partition coefficient (Wildman–Crippen LogP) is 1.71. The molecule has 0 unspecified atom stereocenters. The van der Waals surface area contributed by atoms with Crippen LogP contribution in [0.1, 0.15) is 32.3 Å². The van der Waals surface area contributed by atoms with Gasteiger partial charge in [0.15, 0.2) is 5.60 Å². The second-order valence-electron chi connectivity index (χ2n) is 5.73. The van der Waals surface area contributed by atoms with Gasteiger partial charge in [-0.25, -0.2) is 9.59 Å². The van der Waals surface area contributed by atoms with Gasteiger partial charge in [0.25, 0.3) is 0 Å². The Bertz CT molecular complexity index is 607. The van der Waals surface area contributed by atoms with E-state index in [2.05, 4.69) is 10.5 Å². The zero-order valence-electron chi connectivity index (χ0n) is 13.2. The van der Waals surface area contributed by atoms with E-state index in [-0.39, 0.29) is 12.5 Å². The van der Waals surface area contributed by atoms with Crippen LogP contribution in [0.2, 0.25) is 0 Å². The summed E-state index contributed by atoms with van der Waals surface area (Å²) >= 11 is 0. The van der Waals surface area contributed by atoms with Gasteiger partial charge in [-0.3, -0.25) is 5.43 Å². The Morgan fingerprint density at radius 1 is 1.35 bits per heavy atom. The normalized spacial score (nSPS) is 14.5. The Kier molecular flexibility index (Phi) is 5.20. The molecule has 0 saturated carbocycles. The Morgan fingerprint density at radius 2 is 2.04 bits per heavy atom. The maximum atomic E-state index is 11.1. The number of nitrogens with one attached hydrogen (secondary N) is 1. The van der Waals surface area contributed by atoms with Crippen LogP contribution in [0.3, 0.4) is 0 Å². The molecule has 0 bridgehead atoms. The third-order valence-corrected chi connectivity index (χ3v) is 3.33. The highest BCUT2D eigenvalue weighted by atomic mass is 16.5. The van der Waals surface area contributed by atoms with E-state index in [9.17, 15) is 9.59 Å². The van der Waals surface area contributed by atoms with Gasteiger partial charge in [-0.15, -0.1) is 5.10 Å². The number of benzene rings is 1. The molecule has 2 N–H and O–H groups in total. The van der Waals surface area contributed by atoms with E-state index in [0.29, 0.717) is 18.1 Å². The van der Waals surface area contributed by atoms with Gasteiger partial charge in [0, 0.05) is 6.42 Å². The lowest BCUT2D eigenvalue weighted by Gasteiger charge is -2.21. The van der Waals surface area contributed by atoms with Gasteiger partial charge in [0.1, 0.15) is 12.3 Å². The van der Waals surface area contributed by atoms with Crippen LogP contribution in [0.5, 0.6) is 5.75 Å². The molecule has 23 heavy (non-hydrogen) atoms. The van der Waals surface area contributed by atoms with Crippen LogP contribution in [0.15, 0.2) is 29.4 Å². The molecular weight excluding hydrogens is 300 g/mol. The number of carbonyl (C=O) groups is 2. The molecule has 0 amide bonds. The minimum absolute atomic E-state index is 0.109. The summed E-state index contributed by atoms with van der Waals surface area (Å²) in [6.45, 7) is 3.12. The van der Waals surface area contributed by atoms with Crippen LogP contribution in [-0.2, 0) is 20.7 Å². The van der Waals surface area contributed by atoms with Crippen molar-refractivity contribution >= 4 is 17.8 Å². The molecule has 1 aromatic rings. The maximum Gasteiger partial charge on any atom is 0.347 e. The molecule has 124 valence electrons. The van der Waals surface area contributed by atoms with Crippen LogP contribution in [0.25, 0.3) is 0 Å².